The second-order valence-electron chi connectivity index (χ2n) is 8.62. The maximum atomic E-state index is 12.7. The number of anilines is 2. The lowest BCUT2D eigenvalue weighted by Gasteiger charge is -2.16. The number of rotatable bonds is 8. The molecule has 0 saturated carbocycles. The van der Waals surface area contributed by atoms with E-state index < -0.39 is 6.03 Å². The Hall–Kier alpha value is -3.98. The maximum Gasteiger partial charge on any atom is 0.324 e. The van der Waals surface area contributed by atoms with Gasteiger partial charge in [0.25, 0.3) is 5.91 Å². The highest BCUT2D eigenvalue weighted by molar-refractivity contribution is 6.01. The molecular weight excluding hydrogens is 444 g/mol. The predicted octanol–water partition coefficient (Wildman–Crippen LogP) is 3.69. The van der Waals surface area contributed by atoms with Gasteiger partial charge in [-0.1, -0.05) is 30.3 Å². The summed E-state index contributed by atoms with van der Waals surface area (Å²) in [5.74, 6) is 0.963. The van der Waals surface area contributed by atoms with Crippen molar-refractivity contribution in [2.75, 3.05) is 37.4 Å². The standard InChI is InChI=1S/C26H30N6O3/c1-18-13-28-24(15-27-18)31-26(34)30-22-9-8-21(12-23(22)35-2)25(33)29-14-20-10-11-32(17-20)16-19-6-4-3-5-7-19/h3-9,12-13,15,20H,10-11,14,16-17H2,1-2H3,(H,29,33)(H2,28,30,31,34). The number of aromatic nitrogens is 2. The molecule has 0 aliphatic carbocycles. The highest BCUT2D eigenvalue weighted by Crippen LogP contribution is 2.26. The van der Waals surface area contributed by atoms with Gasteiger partial charge in [0, 0.05) is 25.2 Å². The number of benzene rings is 2. The third-order valence-corrected chi connectivity index (χ3v) is 5.90. The maximum absolute atomic E-state index is 12.7. The van der Waals surface area contributed by atoms with Gasteiger partial charge in [-0.3, -0.25) is 20.0 Å². The lowest BCUT2D eigenvalue weighted by Crippen LogP contribution is -2.31. The Balaban J connectivity index is 1.28. The molecule has 1 aliphatic heterocycles. The van der Waals surface area contributed by atoms with Crippen molar-refractivity contribution in [1.82, 2.24) is 20.2 Å². The summed E-state index contributed by atoms with van der Waals surface area (Å²) in [6, 6.07) is 14.9. The van der Waals surface area contributed by atoms with Gasteiger partial charge in [0.2, 0.25) is 0 Å². The number of carbonyl (C=O) groups excluding carboxylic acids is 2. The van der Waals surface area contributed by atoms with E-state index in [9.17, 15) is 9.59 Å². The Labute approximate surface area is 204 Å². The Kier molecular flexibility index (Phi) is 7.89. The fraction of sp³-hybridized carbons (Fsp3) is 0.308. The number of nitrogens with one attached hydrogen (secondary N) is 3. The minimum atomic E-state index is -0.486. The number of nitrogens with zero attached hydrogens (tertiary/aromatic N) is 3. The summed E-state index contributed by atoms with van der Waals surface area (Å²) in [5.41, 5.74) is 2.97. The number of ether oxygens (including phenoxy) is 1. The Morgan fingerprint density at radius 2 is 1.91 bits per heavy atom. The molecule has 3 N–H and O–H groups in total. The quantitative estimate of drug-likeness (QED) is 0.460. The van der Waals surface area contributed by atoms with Crippen LogP contribution < -0.4 is 20.7 Å². The first-order valence-corrected chi connectivity index (χ1v) is 11.6. The molecule has 3 aromatic rings. The van der Waals surface area contributed by atoms with E-state index in [-0.39, 0.29) is 5.91 Å². The third kappa shape index (κ3) is 6.77. The van der Waals surface area contributed by atoms with Gasteiger partial charge < -0.3 is 15.4 Å². The van der Waals surface area contributed by atoms with Gasteiger partial charge in [-0.2, -0.15) is 0 Å². The number of hydrogen-bond acceptors (Lipinski definition) is 6. The monoisotopic (exact) mass is 474 g/mol. The molecule has 1 unspecified atom stereocenters. The number of hydrogen-bond donors (Lipinski definition) is 3. The molecule has 9 nitrogen and oxygen atoms in total. The SMILES string of the molecule is COc1cc(C(=O)NCC2CCN(Cc3ccccc3)C2)ccc1NC(=O)Nc1cnc(C)cn1. The fourth-order valence-electron chi connectivity index (χ4n) is 4.07. The van der Waals surface area contributed by atoms with Crippen molar-refractivity contribution in [2.24, 2.45) is 5.92 Å². The van der Waals surface area contributed by atoms with Gasteiger partial charge in [0.15, 0.2) is 5.82 Å². The molecule has 1 saturated heterocycles. The van der Waals surface area contributed by atoms with Crippen molar-refractivity contribution in [3.8, 4) is 5.75 Å². The van der Waals surface area contributed by atoms with Gasteiger partial charge >= 0.3 is 6.03 Å². The summed E-state index contributed by atoms with van der Waals surface area (Å²) < 4.78 is 5.39. The van der Waals surface area contributed by atoms with Crippen LogP contribution in [0.1, 0.15) is 28.0 Å². The summed E-state index contributed by atoms with van der Waals surface area (Å²) in [4.78, 5) is 35.7. The largest absolute Gasteiger partial charge is 0.495 e. The van der Waals surface area contributed by atoms with Crippen LogP contribution in [-0.4, -0.2) is 53.6 Å². The molecule has 182 valence electrons. The first-order valence-electron chi connectivity index (χ1n) is 11.6. The van der Waals surface area contributed by atoms with E-state index in [1.165, 1.54) is 18.9 Å². The molecule has 2 aromatic carbocycles. The van der Waals surface area contributed by atoms with Crippen molar-refractivity contribution in [1.29, 1.82) is 0 Å². The topological polar surface area (TPSA) is 108 Å². The van der Waals surface area contributed by atoms with Crippen LogP contribution in [0.4, 0.5) is 16.3 Å². The molecule has 1 atom stereocenters. The number of amides is 3. The summed E-state index contributed by atoms with van der Waals surface area (Å²) in [6.07, 6.45) is 4.10. The Morgan fingerprint density at radius 1 is 1.09 bits per heavy atom. The zero-order valence-electron chi connectivity index (χ0n) is 20.0. The molecule has 2 heterocycles. The Bertz CT molecular complexity index is 1150. The second kappa shape index (κ2) is 11.4. The van der Waals surface area contributed by atoms with Crippen molar-refractivity contribution in [2.45, 2.75) is 19.9 Å². The van der Waals surface area contributed by atoms with Crippen LogP contribution in [0.5, 0.6) is 5.75 Å². The van der Waals surface area contributed by atoms with Crippen LogP contribution in [0.25, 0.3) is 0 Å². The molecule has 1 fully saturated rings. The van der Waals surface area contributed by atoms with Crippen LogP contribution in [0, 0.1) is 12.8 Å². The molecule has 0 spiro atoms. The fourth-order valence-corrected chi connectivity index (χ4v) is 4.07. The zero-order valence-corrected chi connectivity index (χ0v) is 20.0. The van der Waals surface area contributed by atoms with Crippen LogP contribution >= 0.6 is 0 Å². The number of urea groups is 1. The van der Waals surface area contributed by atoms with E-state index in [2.05, 4.69) is 55.1 Å². The second-order valence-corrected chi connectivity index (χ2v) is 8.62. The number of likely N-dealkylation sites (tertiary alicyclic amines) is 1. The average Bonchev–Trinajstić information content (AvgIpc) is 3.32. The Morgan fingerprint density at radius 3 is 2.66 bits per heavy atom. The summed E-state index contributed by atoms with van der Waals surface area (Å²) >= 11 is 0. The van der Waals surface area contributed by atoms with Gasteiger partial charge in [-0.05, 0) is 49.6 Å². The minimum absolute atomic E-state index is 0.171. The summed E-state index contributed by atoms with van der Waals surface area (Å²) in [7, 11) is 1.49. The zero-order chi connectivity index (χ0) is 24.6. The van der Waals surface area contributed by atoms with Crippen LogP contribution in [0.2, 0.25) is 0 Å². The van der Waals surface area contributed by atoms with E-state index in [1.54, 1.807) is 24.4 Å². The van der Waals surface area contributed by atoms with Crippen molar-refractivity contribution in [3.63, 3.8) is 0 Å². The average molecular weight is 475 g/mol. The van der Waals surface area contributed by atoms with Crippen LogP contribution in [0.3, 0.4) is 0 Å². The third-order valence-electron chi connectivity index (χ3n) is 5.90. The first-order chi connectivity index (χ1) is 17.0. The summed E-state index contributed by atoms with van der Waals surface area (Å²) in [6.45, 7) is 5.35. The van der Waals surface area contributed by atoms with Crippen LogP contribution in [-0.2, 0) is 6.54 Å². The van der Waals surface area contributed by atoms with E-state index in [0.29, 0.717) is 35.3 Å². The lowest BCUT2D eigenvalue weighted by molar-refractivity contribution is 0.0947. The van der Waals surface area contributed by atoms with Crippen molar-refractivity contribution in [3.05, 3.63) is 77.7 Å². The smallest absolute Gasteiger partial charge is 0.324 e. The van der Waals surface area contributed by atoms with E-state index in [4.69, 9.17) is 4.74 Å². The van der Waals surface area contributed by atoms with Crippen LogP contribution in [0.15, 0.2) is 60.9 Å². The molecule has 3 amide bonds. The van der Waals surface area contributed by atoms with Gasteiger partial charge in [0.05, 0.1) is 30.9 Å². The van der Waals surface area contributed by atoms with Gasteiger partial charge in [-0.15, -0.1) is 0 Å². The molecule has 1 aromatic heterocycles. The normalized spacial score (nSPS) is 15.4. The van der Waals surface area contributed by atoms with Crippen molar-refractivity contribution < 1.29 is 14.3 Å². The highest BCUT2D eigenvalue weighted by Gasteiger charge is 2.23. The van der Waals surface area contributed by atoms with Gasteiger partial charge in [0.1, 0.15) is 5.75 Å². The number of aryl methyl sites for hydroxylation is 1. The van der Waals surface area contributed by atoms with E-state index >= 15 is 0 Å². The lowest BCUT2D eigenvalue weighted by atomic mass is 10.1. The van der Waals surface area contributed by atoms with Gasteiger partial charge in [-0.25, -0.2) is 9.78 Å². The number of methoxy groups -OCH3 is 1. The molecule has 0 radical (unpaired) electrons. The van der Waals surface area contributed by atoms with E-state index in [1.807, 2.05) is 13.0 Å². The predicted molar refractivity (Wildman–Crippen MR) is 135 cm³/mol. The molecule has 9 heteroatoms. The molecule has 35 heavy (non-hydrogen) atoms. The summed E-state index contributed by atoms with van der Waals surface area (Å²) in [5, 5.41) is 8.36. The number of carbonyl (C=O) groups is 2. The highest BCUT2D eigenvalue weighted by atomic mass is 16.5. The molecule has 0 bridgehead atoms. The molecule has 4 rings (SSSR count). The first kappa shape index (κ1) is 24.2. The molecular formula is C26H30N6O3. The van der Waals surface area contributed by atoms with Crippen molar-refractivity contribution >= 4 is 23.4 Å². The van der Waals surface area contributed by atoms with E-state index in [0.717, 1.165) is 31.7 Å². The minimum Gasteiger partial charge on any atom is -0.495 e. The molecule has 1 aliphatic rings.